The van der Waals surface area contributed by atoms with Crippen LogP contribution in [0.15, 0.2) is 18.2 Å². The molecule has 4 bridgehead atoms. The average Bonchev–Trinajstić information content (AvgIpc) is 2.67. The minimum atomic E-state index is -0.234. The van der Waals surface area contributed by atoms with Gasteiger partial charge in [-0.2, -0.15) is 0 Å². The number of nitro groups is 1. The number of nitrogens with one attached hydrogen (secondary N) is 1. The third-order valence-electron chi connectivity index (χ3n) is 8.12. The van der Waals surface area contributed by atoms with Crippen LogP contribution in [0, 0.1) is 33.3 Å². The Morgan fingerprint density at radius 3 is 2.32 bits per heavy atom. The number of piperazine rings is 1. The van der Waals surface area contributed by atoms with Gasteiger partial charge in [-0.3, -0.25) is 10.1 Å². The first-order chi connectivity index (χ1) is 13.5. The Morgan fingerprint density at radius 1 is 1.14 bits per heavy atom. The van der Waals surface area contributed by atoms with Gasteiger partial charge in [0.2, 0.25) is 0 Å². The molecule has 1 aromatic carbocycles. The molecule has 28 heavy (non-hydrogen) atoms. The lowest BCUT2D eigenvalue weighted by Crippen LogP contribution is -2.89. The van der Waals surface area contributed by atoms with Crippen LogP contribution >= 0.6 is 0 Å². The second-order valence-electron chi connectivity index (χ2n) is 9.96. The van der Waals surface area contributed by atoms with E-state index in [9.17, 15) is 10.1 Å². The highest BCUT2D eigenvalue weighted by Gasteiger charge is 2.53. The summed E-state index contributed by atoms with van der Waals surface area (Å²) in [7, 11) is 0. The van der Waals surface area contributed by atoms with Gasteiger partial charge in [-0.15, -0.1) is 0 Å². The molecule has 6 nitrogen and oxygen atoms in total. The van der Waals surface area contributed by atoms with Gasteiger partial charge in [-0.25, -0.2) is 0 Å². The number of rotatable bonds is 5. The maximum atomic E-state index is 11.7. The summed E-state index contributed by atoms with van der Waals surface area (Å²) in [5.41, 5.74) is 2.36. The molecule has 0 amide bonds. The van der Waals surface area contributed by atoms with Crippen molar-refractivity contribution in [1.82, 2.24) is 0 Å². The zero-order chi connectivity index (χ0) is 19.3. The first-order valence-electron chi connectivity index (χ1n) is 11.1. The molecule has 4 aliphatic carbocycles. The van der Waals surface area contributed by atoms with E-state index in [1.807, 2.05) is 12.1 Å². The van der Waals surface area contributed by atoms with Gasteiger partial charge in [0.1, 0.15) is 5.69 Å². The van der Waals surface area contributed by atoms with Crippen LogP contribution in [-0.4, -0.2) is 37.1 Å². The third kappa shape index (κ3) is 3.15. The van der Waals surface area contributed by atoms with E-state index in [1.165, 1.54) is 38.5 Å². The summed E-state index contributed by atoms with van der Waals surface area (Å²) in [5, 5.41) is 17.7. The molecule has 1 saturated heterocycles. The standard InChI is InChI=1S/C22H32N4O2/c1-15(22-12-16-8-17(13-22)10-18(9-16)14-22)24-20-11-19(2-3-21(20)26(27)28)25-6-4-23-5-7-25/h2-3,11,15-18,23-24H,4-10,12-14H2,1H3/p+1/t15-,16?,17?,18?,22?/m0/s1. The molecule has 0 radical (unpaired) electrons. The molecule has 5 fully saturated rings. The molecule has 1 heterocycles. The van der Waals surface area contributed by atoms with Crippen molar-refractivity contribution >= 4 is 17.1 Å². The van der Waals surface area contributed by atoms with Crippen LogP contribution < -0.4 is 15.5 Å². The summed E-state index contributed by atoms with van der Waals surface area (Å²) in [6, 6.07) is 5.93. The van der Waals surface area contributed by atoms with Crippen LogP contribution in [0.3, 0.4) is 0 Å². The molecule has 6 heteroatoms. The Morgan fingerprint density at radius 2 is 1.75 bits per heavy atom. The Bertz CT molecular complexity index is 724. The zero-order valence-corrected chi connectivity index (χ0v) is 16.9. The lowest BCUT2D eigenvalue weighted by atomic mass is 9.48. The van der Waals surface area contributed by atoms with Gasteiger partial charge in [0.15, 0.2) is 0 Å². The molecule has 0 spiro atoms. The van der Waals surface area contributed by atoms with E-state index in [1.54, 1.807) is 6.07 Å². The van der Waals surface area contributed by atoms with Gasteiger partial charge in [0.05, 0.1) is 31.1 Å². The van der Waals surface area contributed by atoms with Gasteiger partial charge in [0, 0.05) is 17.8 Å². The number of hydrogen-bond donors (Lipinski definition) is 2. The Kier molecular flexibility index (Phi) is 4.49. The predicted octanol–water partition coefficient (Wildman–Crippen LogP) is 3.00. The molecule has 0 aromatic heterocycles. The van der Waals surface area contributed by atoms with Gasteiger partial charge in [0.25, 0.3) is 5.69 Å². The van der Waals surface area contributed by atoms with Gasteiger partial charge in [-0.05, 0) is 80.8 Å². The Hall–Kier alpha value is -1.82. The number of nitrogens with two attached hydrogens (primary N) is 1. The third-order valence-corrected chi connectivity index (χ3v) is 8.12. The predicted molar refractivity (Wildman–Crippen MR) is 111 cm³/mol. The molecule has 6 rings (SSSR count). The van der Waals surface area contributed by atoms with Crippen LogP contribution in [0.2, 0.25) is 0 Å². The number of benzene rings is 1. The monoisotopic (exact) mass is 385 g/mol. The van der Waals surface area contributed by atoms with Crippen LogP contribution in [0.1, 0.15) is 45.4 Å². The highest BCUT2D eigenvalue weighted by atomic mass is 16.6. The van der Waals surface area contributed by atoms with Crippen molar-refractivity contribution in [3.05, 3.63) is 28.3 Å². The summed E-state index contributed by atoms with van der Waals surface area (Å²) in [4.78, 5) is 13.8. The molecule has 152 valence electrons. The average molecular weight is 386 g/mol. The molecule has 1 atom stereocenters. The van der Waals surface area contributed by atoms with Crippen molar-refractivity contribution in [3.8, 4) is 0 Å². The van der Waals surface area contributed by atoms with E-state index in [4.69, 9.17) is 0 Å². The van der Waals surface area contributed by atoms with E-state index in [0.29, 0.717) is 11.1 Å². The number of nitro benzene ring substituents is 1. The van der Waals surface area contributed by atoms with Crippen molar-refractivity contribution in [1.29, 1.82) is 0 Å². The molecule has 4 saturated carbocycles. The fourth-order valence-corrected chi connectivity index (χ4v) is 7.10. The highest BCUT2D eigenvalue weighted by molar-refractivity contribution is 5.69. The maximum absolute atomic E-state index is 11.7. The molecule has 1 aliphatic heterocycles. The number of nitrogens with zero attached hydrogens (tertiary/aromatic N) is 2. The molecule has 3 N–H and O–H groups in total. The van der Waals surface area contributed by atoms with E-state index in [2.05, 4.69) is 22.5 Å². The van der Waals surface area contributed by atoms with Crippen molar-refractivity contribution in [2.45, 2.75) is 51.5 Å². The molecule has 1 aromatic rings. The first-order valence-corrected chi connectivity index (χ1v) is 11.1. The lowest BCUT2D eigenvalue weighted by Gasteiger charge is -2.59. The van der Waals surface area contributed by atoms with Gasteiger partial charge >= 0.3 is 0 Å². The van der Waals surface area contributed by atoms with Crippen LogP contribution in [-0.2, 0) is 0 Å². The minimum Gasteiger partial charge on any atom is -0.376 e. The highest BCUT2D eigenvalue weighted by Crippen LogP contribution is 2.61. The second-order valence-corrected chi connectivity index (χ2v) is 9.96. The number of quaternary nitrogens is 1. The zero-order valence-electron chi connectivity index (χ0n) is 16.9. The number of anilines is 2. The van der Waals surface area contributed by atoms with E-state index in [0.717, 1.165) is 49.6 Å². The van der Waals surface area contributed by atoms with Gasteiger partial charge in [-0.1, -0.05) is 0 Å². The quantitative estimate of drug-likeness (QED) is 0.604. The summed E-state index contributed by atoms with van der Waals surface area (Å²) < 4.78 is 0. The fourth-order valence-electron chi connectivity index (χ4n) is 7.10. The molecular formula is C22H33N4O2+. The smallest absolute Gasteiger partial charge is 0.292 e. The minimum absolute atomic E-state index is 0.212. The topological polar surface area (TPSA) is 75.0 Å². The summed E-state index contributed by atoms with van der Waals surface area (Å²) >= 11 is 0. The van der Waals surface area contributed by atoms with Gasteiger partial charge < -0.3 is 15.5 Å². The summed E-state index contributed by atoms with van der Waals surface area (Å²) in [6.45, 7) is 6.45. The van der Waals surface area contributed by atoms with Crippen LogP contribution in [0.4, 0.5) is 17.1 Å². The van der Waals surface area contributed by atoms with E-state index in [-0.39, 0.29) is 16.7 Å². The maximum Gasteiger partial charge on any atom is 0.292 e. The van der Waals surface area contributed by atoms with E-state index < -0.39 is 0 Å². The molecule has 0 unspecified atom stereocenters. The fraction of sp³-hybridized carbons (Fsp3) is 0.727. The molecular weight excluding hydrogens is 352 g/mol. The Labute approximate surface area is 167 Å². The summed E-state index contributed by atoms with van der Waals surface area (Å²) in [6.07, 6.45) is 8.20. The lowest BCUT2D eigenvalue weighted by molar-refractivity contribution is -0.655. The van der Waals surface area contributed by atoms with Crippen molar-refractivity contribution in [3.63, 3.8) is 0 Å². The summed E-state index contributed by atoms with van der Waals surface area (Å²) in [5.74, 6) is 2.67. The Balaban J connectivity index is 1.41. The van der Waals surface area contributed by atoms with Crippen LogP contribution in [0.25, 0.3) is 0 Å². The second kappa shape index (κ2) is 6.90. The van der Waals surface area contributed by atoms with Crippen molar-refractivity contribution < 1.29 is 10.2 Å². The number of hydrogen-bond acceptors (Lipinski definition) is 4. The van der Waals surface area contributed by atoms with E-state index >= 15 is 0 Å². The normalized spacial score (nSPS) is 35.0. The SMILES string of the molecule is C[C@H](Nc1cc(N2CC[NH2+]CC2)ccc1[N+](=O)[O-])C12CC3CC(CC(C3)C1)C2. The molecule has 5 aliphatic rings. The first kappa shape index (κ1) is 18.2. The largest absolute Gasteiger partial charge is 0.376 e. The van der Waals surface area contributed by atoms with Crippen molar-refractivity contribution in [2.75, 3.05) is 36.4 Å². The van der Waals surface area contributed by atoms with Crippen molar-refractivity contribution in [2.24, 2.45) is 23.2 Å². The van der Waals surface area contributed by atoms with Crippen LogP contribution in [0.5, 0.6) is 0 Å².